The molecule has 0 aromatic carbocycles. The van der Waals surface area contributed by atoms with Crippen LogP contribution in [0.5, 0.6) is 0 Å². The number of nitrogens with zero attached hydrogens (tertiary/aromatic N) is 3. The van der Waals surface area contributed by atoms with Crippen molar-refractivity contribution >= 4 is 12.2 Å². The first-order valence-electron chi connectivity index (χ1n) is 3.80. The largest absolute Gasteiger partial charge is 0.463 e. The summed E-state index contributed by atoms with van der Waals surface area (Å²) in [5.74, 6) is 1.12. The second-order valence-electron chi connectivity index (χ2n) is 2.32. The van der Waals surface area contributed by atoms with Crippen molar-refractivity contribution in [3.8, 4) is 0 Å². The van der Waals surface area contributed by atoms with Gasteiger partial charge in [0.15, 0.2) is 0 Å². The van der Waals surface area contributed by atoms with Gasteiger partial charge in [0.05, 0.1) is 12.5 Å². The van der Waals surface area contributed by atoms with E-state index in [1.165, 1.54) is 0 Å². The van der Waals surface area contributed by atoms with Crippen LogP contribution in [0.25, 0.3) is 0 Å². The standard InChI is InChI=1S/C9H7N3O/c1-3-8(13-6-1)7-12-9-10-4-2-5-11-9/h1-7H/b12-7-. The van der Waals surface area contributed by atoms with Crippen LogP contribution in [0.2, 0.25) is 0 Å². The minimum Gasteiger partial charge on any atom is -0.463 e. The van der Waals surface area contributed by atoms with Crippen LogP contribution in [0.3, 0.4) is 0 Å². The van der Waals surface area contributed by atoms with Crippen LogP contribution in [-0.4, -0.2) is 16.2 Å². The Morgan fingerprint density at radius 3 is 2.77 bits per heavy atom. The predicted octanol–water partition coefficient (Wildman–Crippen LogP) is 1.82. The molecule has 0 N–H and O–H groups in total. The summed E-state index contributed by atoms with van der Waals surface area (Å²) in [5.41, 5.74) is 0. The normalized spacial score (nSPS) is 10.8. The summed E-state index contributed by atoms with van der Waals surface area (Å²) in [6.45, 7) is 0. The predicted molar refractivity (Wildman–Crippen MR) is 48.0 cm³/mol. The molecule has 2 heterocycles. The molecule has 2 aromatic heterocycles. The van der Waals surface area contributed by atoms with Gasteiger partial charge in [0.1, 0.15) is 5.76 Å². The van der Waals surface area contributed by atoms with E-state index in [0.717, 1.165) is 0 Å². The third-order valence-electron chi connectivity index (χ3n) is 1.40. The lowest BCUT2D eigenvalue weighted by Gasteiger charge is -1.87. The van der Waals surface area contributed by atoms with Crippen molar-refractivity contribution in [2.45, 2.75) is 0 Å². The van der Waals surface area contributed by atoms with E-state index in [4.69, 9.17) is 4.42 Å². The summed E-state index contributed by atoms with van der Waals surface area (Å²) < 4.78 is 5.05. The van der Waals surface area contributed by atoms with E-state index in [1.807, 2.05) is 6.07 Å². The second kappa shape index (κ2) is 3.62. The maximum atomic E-state index is 5.05. The molecule has 0 aliphatic rings. The van der Waals surface area contributed by atoms with Gasteiger partial charge in [-0.2, -0.15) is 0 Å². The number of aromatic nitrogens is 2. The van der Waals surface area contributed by atoms with Gasteiger partial charge in [-0.05, 0) is 18.2 Å². The molecule has 0 saturated carbocycles. The van der Waals surface area contributed by atoms with E-state index in [9.17, 15) is 0 Å². The quantitative estimate of drug-likeness (QED) is 0.651. The van der Waals surface area contributed by atoms with Gasteiger partial charge in [-0.1, -0.05) is 0 Å². The van der Waals surface area contributed by atoms with Crippen molar-refractivity contribution in [3.05, 3.63) is 42.6 Å². The fourth-order valence-corrected chi connectivity index (χ4v) is 0.844. The molecule has 0 unspecified atom stereocenters. The molecule has 0 atom stereocenters. The van der Waals surface area contributed by atoms with E-state index in [1.54, 1.807) is 37.0 Å². The van der Waals surface area contributed by atoms with Gasteiger partial charge < -0.3 is 4.42 Å². The zero-order chi connectivity index (χ0) is 8.93. The fraction of sp³-hybridized carbons (Fsp3) is 0. The lowest BCUT2D eigenvalue weighted by atomic mass is 10.5. The Morgan fingerprint density at radius 2 is 2.08 bits per heavy atom. The number of hydrogen-bond donors (Lipinski definition) is 0. The van der Waals surface area contributed by atoms with Gasteiger partial charge in [-0.3, -0.25) is 0 Å². The SMILES string of the molecule is C(=N/c1ncccn1)/c1ccco1. The number of hydrogen-bond acceptors (Lipinski definition) is 4. The first-order chi connectivity index (χ1) is 6.45. The maximum absolute atomic E-state index is 5.05. The monoisotopic (exact) mass is 173 g/mol. The van der Waals surface area contributed by atoms with E-state index in [0.29, 0.717) is 11.7 Å². The molecule has 2 aromatic rings. The van der Waals surface area contributed by atoms with Crippen molar-refractivity contribution in [1.29, 1.82) is 0 Å². The smallest absolute Gasteiger partial charge is 0.249 e. The van der Waals surface area contributed by atoms with Crippen LogP contribution >= 0.6 is 0 Å². The van der Waals surface area contributed by atoms with Crippen LogP contribution in [0.4, 0.5) is 5.95 Å². The van der Waals surface area contributed by atoms with Gasteiger partial charge in [0.2, 0.25) is 5.95 Å². The Morgan fingerprint density at radius 1 is 1.23 bits per heavy atom. The number of aliphatic imine (C=N–C) groups is 1. The highest BCUT2D eigenvalue weighted by Gasteiger charge is 1.90. The Kier molecular flexibility index (Phi) is 2.14. The van der Waals surface area contributed by atoms with Crippen LogP contribution < -0.4 is 0 Å². The first kappa shape index (κ1) is 7.67. The molecule has 0 spiro atoms. The van der Waals surface area contributed by atoms with Crippen molar-refractivity contribution in [2.75, 3.05) is 0 Å². The fourth-order valence-electron chi connectivity index (χ4n) is 0.844. The Balaban J connectivity index is 2.15. The molecule has 0 saturated heterocycles. The van der Waals surface area contributed by atoms with Crippen molar-refractivity contribution in [2.24, 2.45) is 4.99 Å². The van der Waals surface area contributed by atoms with E-state index in [2.05, 4.69) is 15.0 Å². The van der Waals surface area contributed by atoms with Gasteiger partial charge in [-0.25, -0.2) is 15.0 Å². The summed E-state index contributed by atoms with van der Waals surface area (Å²) >= 11 is 0. The molecule has 13 heavy (non-hydrogen) atoms. The summed E-state index contributed by atoms with van der Waals surface area (Å²) in [7, 11) is 0. The zero-order valence-electron chi connectivity index (χ0n) is 6.79. The topological polar surface area (TPSA) is 51.3 Å². The van der Waals surface area contributed by atoms with Gasteiger partial charge in [0.25, 0.3) is 0 Å². The Labute approximate surface area is 75.0 Å². The molecule has 4 heteroatoms. The molecule has 4 nitrogen and oxygen atoms in total. The highest BCUT2D eigenvalue weighted by atomic mass is 16.3. The summed E-state index contributed by atoms with van der Waals surface area (Å²) in [6, 6.07) is 5.35. The highest BCUT2D eigenvalue weighted by molar-refractivity contribution is 5.77. The molecule has 0 aliphatic carbocycles. The van der Waals surface area contributed by atoms with Crippen LogP contribution in [0, 0.1) is 0 Å². The van der Waals surface area contributed by atoms with Crippen molar-refractivity contribution in [3.63, 3.8) is 0 Å². The molecule has 0 aliphatic heterocycles. The summed E-state index contributed by atoms with van der Waals surface area (Å²) in [5, 5.41) is 0. The Bertz CT molecular complexity index is 381. The average Bonchev–Trinajstić information content (AvgIpc) is 2.69. The lowest BCUT2D eigenvalue weighted by Crippen LogP contribution is -1.79. The van der Waals surface area contributed by atoms with E-state index < -0.39 is 0 Å². The molecule has 64 valence electrons. The lowest BCUT2D eigenvalue weighted by molar-refractivity contribution is 0.560. The molecule has 0 amide bonds. The molecule has 0 fully saturated rings. The molecule has 0 bridgehead atoms. The first-order valence-corrected chi connectivity index (χ1v) is 3.80. The minimum absolute atomic E-state index is 0.430. The maximum Gasteiger partial charge on any atom is 0.249 e. The zero-order valence-corrected chi connectivity index (χ0v) is 6.79. The van der Waals surface area contributed by atoms with Crippen molar-refractivity contribution in [1.82, 2.24) is 9.97 Å². The summed E-state index contributed by atoms with van der Waals surface area (Å²) in [6.07, 6.45) is 6.45. The van der Waals surface area contributed by atoms with Crippen LogP contribution in [-0.2, 0) is 0 Å². The van der Waals surface area contributed by atoms with Crippen LogP contribution in [0.1, 0.15) is 5.76 Å². The van der Waals surface area contributed by atoms with Gasteiger partial charge >= 0.3 is 0 Å². The third kappa shape index (κ3) is 1.99. The molecular formula is C9H7N3O. The summed E-state index contributed by atoms with van der Waals surface area (Å²) in [4.78, 5) is 11.9. The average molecular weight is 173 g/mol. The second-order valence-corrected chi connectivity index (χ2v) is 2.32. The van der Waals surface area contributed by atoms with Gasteiger partial charge in [0, 0.05) is 12.4 Å². The molecular weight excluding hydrogens is 166 g/mol. The van der Waals surface area contributed by atoms with E-state index >= 15 is 0 Å². The van der Waals surface area contributed by atoms with Gasteiger partial charge in [-0.15, -0.1) is 0 Å². The highest BCUT2D eigenvalue weighted by Crippen LogP contribution is 2.01. The Hall–Kier alpha value is -1.97. The molecule has 0 radical (unpaired) electrons. The van der Waals surface area contributed by atoms with Crippen molar-refractivity contribution < 1.29 is 4.42 Å². The molecule has 2 rings (SSSR count). The number of furan rings is 1. The van der Waals surface area contributed by atoms with Crippen LogP contribution in [0.15, 0.2) is 46.3 Å². The minimum atomic E-state index is 0.430. The number of rotatable bonds is 2. The third-order valence-corrected chi connectivity index (χ3v) is 1.40. The van der Waals surface area contributed by atoms with E-state index in [-0.39, 0.29) is 0 Å².